The Kier molecular flexibility index (Phi) is 5.22. The van der Waals surface area contributed by atoms with Crippen molar-refractivity contribution in [3.8, 4) is 0 Å². The molecule has 2 fully saturated rings. The first-order chi connectivity index (χ1) is 8.29. The highest BCUT2D eigenvalue weighted by molar-refractivity contribution is 4.94. The first kappa shape index (κ1) is 13.3. The van der Waals surface area contributed by atoms with E-state index in [1.807, 2.05) is 0 Å². The van der Waals surface area contributed by atoms with Crippen molar-refractivity contribution in [1.29, 1.82) is 0 Å². The predicted molar refractivity (Wildman–Crippen MR) is 66.0 cm³/mol. The lowest BCUT2D eigenvalue weighted by Gasteiger charge is -2.21. The highest BCUT2D eigenvalue weighted by atomic mass is 16.5. The summed E-state index contributed by atoms with van der Waals surface area (Å²) in [6.07, 6.45) is 6.15. The van der Waals surface area contributed by atoms with Crippen molar-refractivity contribution < 1.29 is 14.6 Å². The van der Waals surface area contributed by atoms with Gasteiger partial charge in [0.25, 0.3) is 0 Å². The van der Waals surface area contributed by atoms with Crippen molar-refractivity contribution in [3.05, 3.63) is 0 Å². The number of hydrogen-bond acceptors (Lipinski definition) is 4. The summed E-state index contributed by atoms with van der Waals surface area (Å²) in [4.78, 5) is 0. The number of rotatable bonds is 8. The van der Waals surface area contributed by atoms with Crippen LogP contribution < -0.4 is 5.32 Å². The first-order valence-corrected chi connectivity index (χ1v) is 6.94. The molecule has 0 amide bonds. The maximum Gasteiger partial charge on any atom is 0.0897 e. The molecule has 0 saturated carbocycles. The van der Waals surface area contributed by atoms with Crippen LogP contribution in [0.15, 0.2) is 0 Å². The quantitative estimate of drug-likeness (QED) is 0.626. The van der Waals surface area contributed by atoms with E-state index >= 15 is 0 Å². The number of ether oxygens (including phenoxy) is 2. The molecule has 2 N–H and O–H groups in total. The molecule has 2 aliphatic heterocycles. The lowest BCUT2D eigenvalue weighted by molar-refractivity contribution is 0.0325. The second kappa shape index (κ2) is 6.69. The minimum Gasteiger partial charge on any atom is -0.389 e. The lowest BCUT2D eigenvalue weighted by atomic mass is 9.95. The zero-order valence-corrected chi connectivity index (χ0v) is 10.7. The first-order valence-electron chi connectivity index (χ1n) is 6.94. The van der Waals surface area contributed by atoms with Gasteiger partial charge < -0.3 is 19.9 Å². The third kappa shape index (κ3) is 3.91. The fourth-order valence-electron chi connectivity index (χ4n) is 2.66. The molecular weight excluding hydrogens is 218 g/mol. The second-order valence-electron chi connectivity index (χ2n) is 5.21. The number of aliphatic hydroxyl groups is 1. The van der Waals surface area contributed by atoms with Crippen molar-refractivity contribution in [1.82, 2.24) is 5.32 Å². The fourth-order valence-corrected chi connectivity index (χ4v) is 2.66. The standard InChI is InChI=1S/C13H25NO3/c1-2-3-6-16-9-10(15)8-14-12-7-11-4-5-13(12)17-11/h10-15H,2-9H2,1H3. The SMILES string of the molecule is CCCCOCC(O)CNC1CC2CCC1O2. The zero-order valence-electron chi connectivity index (χ0n) is 10.7. The van der Waals surface area contributed by atoms with E-state index in [1.165, 1.54) is 12.8 Å². The maximum atomic E-state index is 9.75. The molecule has 4 heteroatoms. The molecule has 2 saturated heterocycles. The van der Waals surface area contributed by atoms with Crippen LogP contribution in [-0.4, -0.2) is 49.2 Å². The molecule has 4 nitrogen and oxygen atoms in total. The number of nitrogens with one attached hydrogen (secondary N) is 1. The molecule has 0 aromatic rings. The van der Waals surface area contributed by atoms with E-state index in [1.54, 1.807) is 0 Å². The van der Waals surface area contributed by atoms with Gasteiger partial charge in [-0.05, 0) is 25.7 Å². The number of aliphatic hydroxyl groups excluding tert-OH is 1. The Morgan fingerprint density at radius 1 is 1.47 bits per heavy atom. The third-order valence-electron chi connectivity index (χ3n) is 3.67. The Morgan fingerprint density at radius 2 is 2.35 bits per heavy atom. The minimum absolute atomic E-state index is 0.383. The van der Waals surface area contributed by atoms with Gasteiger partial charge in [-0.25, -0.2) is 0 Å². The van der Waals surface area contributed by atoms with Crippen LogP contribution in [0.25, 0.3) is 0 Å². The average Bonchev–Trinajstić information content (AvgIpc) is 2.94. The molecule has 100 valence electrons. The number of unbranched alkanes of at least 4 members (excludes halogenated alkanes) is 1. The van der Waals surface area contributed by atoms with Crippen molar-refractivity contribution in [2.45, 2.75) is 63.4 Å². The van der Waals surface area contributed by atoms with E-state index in [4.69, 9.17) is 9.47 Å². The molecule has 2 aliphatic rings. The van der Waals surface area contributed by atoms with E-state index in [0.717, 1.165) is 25.9 Å². The van der Waals surface area contributed by atoms with Crippen LogP contribution in [0.5, 0.6) is 0 Å². The van der Waals surface area contributed by atoms with E-state index in [9.17, 15) is 5.11 Å². The van der Waals surface area contributed by atoms with Gasteiger partial charge >= 0.3 is 0 Å². The number of fused-ring (bicyclic) bond motifs is 2. The van der Waals surface area contributed by atoms with Crippen LogP contribution in [-0.2, 0) is 9.47 Å². The Hall–Kier alpha value is -0.160. The van der Waals surface area contributed by atoms with Crippen molar-refractivity contribution in [2.24, 2.45) is 0 Å². The van der Waals surface area contributed by atoms with Gasteiger partial charge in [0.2, 0.25) is 0 Å². The van der Waals surface area contributed by atoms with Gasteiger partial charge in [-0.3, -0.25) is 0 Å². The van der Waals surface area contributed by atoms with Crippen LogP contribution in [0.2, 0.25) is 0 Å². The smallest absolute Gasteiger partial charge is 0.0897 e. The van der Waals surface area contributed by atoms with Crippen LogP contribution in [0, 0.1) is 0 Å². The second-order valence-corrected chi connectivity index (χ2v) is 5.21. The van der Waals surface area contributed by atoms with E-state index < -0.39 is 6.10 Å². The highest BCUT2D eigenvalue weighted by Gasteiger charge is 2.40. The van der Waals surface area contributed by atoms with E-state index in [0.29, 0.717) is 31.4 Å². The summed E-state index contributed by atoms with van der Waals surface area (Å²) in [6.45, 7) is 3.94. The maximum absolute atomic E-state index is 9.75. The minimum atomic E-state index is -0.397. The van der Waals surface area contributed by atoms with E-state index in [2.05, 4.69) is 12.2 Å². The van der Waals surface area contributed by atoms with Gasteiger partial charge in [0.1, 0.15) is 0 Å². The van der Waals surface area contributed by atoms with Crippen molar-refractivity contribution in [2.75, 3.05) is 19.8 Å². The van der Waals surface area contributed by atoms with Crippen molar-refractivity contribution >= 4 is 0 Å². The van der Waals surface area contributed by atoms with Gasteiger partial charge in [-0.1, -0.05) is 13.3 Å². The van der Waals surface area contributed by atoms with Crippen LogP contribution in [0.3, 0.4) is 0 Å². The van der Waals surface area contributed by atoms with Crippen LogP contribution in [0.4, 0.5) is 0 Å². The molecule has 0 aromatic heterocycles. The molecule has 0 radical (unpaired) electrons. The fraction of sp³-hybridized carbons (Fsp3) is 1.00. The van der Waals surface area contributed by atoms with Gasteiger partial charge in [0, 0.05) is 19.2 Å². The molecule has 2 rings (SSSR count). The monoisotopic (exact) mass is 243 g/mol. The molecule has 4 atom stereocenters. The van der Waals surface area contributed by atoms with Crippen LogP contribution >= 0.6 is 0 Å². The van der Waals surface area contributed by atoms with Gasteiger partial charge in [0.15, 0.2) is 0 Å². The zero-order chi connectivity index (χ0) is 12.1. The summed E-state index contributed by atoms with van der Waals surface area (Å²) < 4.78 is 11.1. The molecular formula is C13H25NO3. The summed E-state index contributed by atoms with van der Waals surface area (Å²) >= 11 is 0. The van der Waals surface area contributed by atoms with E-state index in [-0.39, 0.29) is 0 Å². The lowest BCUT2D eigenvalue weighted by Crippen LogP contribution is -2.42. The van der Waals surface area contributed by atoms with Gasteiger partial charge in [0.05, 0.1) is 24.9 Å². The third-order valence-corrected chi connectivity index (χ3v) is 3.67. The Labute approximate surface area is 104 Å². The highest BCUT2D eigenvalue weighted by Crippen LogP contribution is 2.34. The summed E-state index contributed by atoms with van der Waals surface area (Å²) in [6, 6.07) is 0.444. The normalized spacial score (nSPS) is 33.2. The number of hydrogen-bond donors (Lipinski definition) is 2. The van der Waals surface area contributed by atoms with Crippen LogP contribution in [0.1, 0.15) is 39.0 Å². The Morgan fingerprint density at radius 3 is 3.00 bits per heavy atom. The van der Waals surface area contributed by atoms with Gasteiger partial charge in [-0.15, -0.1) is 0 Å². The molecule has 0 spiro atoms. The molecule has 4 unspecified atom stereocenters. The molecule has 17 heavy (non-hydrogen) atoms. The largest absolute Gasteiger partial charge is 0.389 e. The topological polar surface area (TPSA) is 50.7 Å². The predicted octanol–water partition coefficient (Wildman–Crippen LogP) is 1.07. The van der Waals surface area contributed by atoms with Crippen molar-refractivity contribution in [3.63, 3.8) is 0 Å². The summed E-state index contributed by atoms with van der Waals surface area (Å²) in [5.41, 5.74) is 0. The molecule has 2 bridgehead atoms. The summed E-state index contributed by atoms with van der Waals surface area (Å²) in [5, 5.41) is 13.1. The molecule has 0 aromatic carbocycles. The molecule has 0 aliphatic carbocycles. The molecule has 2 heterocycles. The van der Waals surface area contributed by atoms with Gasteiger partial charge in [-0.2, -0.15) is 0 Å². The summed E-state index contributed by atoms with van der Waals surface area (Å²) in [7, 11) is 0. The Bertz CT molecular complexity index is 225. The summed E-state index contributed by atoms with van der Waals surface area (Å²) in [5.74, 6) is 0. The Balaban J connectivity index is 1.52. The average molecular weight is 243 g/mol.